The highest BCUT2D eigenvalue weighted by molar-refractivity contribution is 4.80. The molecule has 2 saturated heterocycles. The molecule has 0 amide bonds. The van der Waals surface area contributed by atoms with Crippen LogP contribution in [-0.4, -0.2) is 37.1 Å². The maximum atomic E-state index is 3.75. The lowest BCUT2D eigenvalue weighted by molar-refractivity contribution is 0.262. The molecule has 2 heterocycles. The van der Waals surface area contributed by atoms with Crippen molar-refractivity contribution in [1.82, 2.24) is 10.2 Å². The number of hydrogen-bond donors (Lipinski definition) is 1. The summed E-state index contributed by atoms with van der Waals surface area (Å²) in [5.41, 5.74) is 0. The zero-order valence-corrected chi connectivity index (χ0v) is 11.6. The average Bonchev–Trinajstić information content (AvgIpc) is 2.70. The van der Waals surface area contributed by atoms with Gasteiger partial charge in [0.05, 0.1) is 0 Å². The average molecular weight is 238 g/mol. The van der Waals surface area contributed by atoms with Crippen molar-refractivity contribution in [2.75, 3.05) is 26.2 Å². The van der Waals surface area contributed by atoms with Gasteiger partial charge in [0.25, 0.3) is 0 Å². The first-order valence-corrected chi connectivity index (χ1v) is 7.84. The molecule has 2 atom stereocenters. The van der Waals surface area contributed by atoms with Crippen LogP contribution < -0.4 is 5.32 Å². The first kappa shape index (κ1) is 13.4. The highest BCUT2D eigenvalue weighted by atomic mass is 15.2. The molecule has 0 bridgehead atoms. The molecular weight excluding hydrogens is 208 g/mol. The van der Waals surface area contributed by atoms with Crippen LogP contribution in [0.5, 0.6) is 0 Å². The molecule has 0 aromatic rings. The first-order valence-electron chi connectivity index (χ1n) is 7.84. The van der Waals surface area contributed by atoms with Crippen LogP contribution >= 0.6 is 0 Å². The molecule has 2 nitrogen and oxygen atoms in total. The molecule has 0 aliphatic carbocycles. The Morgan fingerprint density at radius 1 is 1.12 bits per heavy atom. The molecule has 2 aliphatic rings. The van der Waals surface area contributed by atoms with Gasteiger partial charge in [-0.25, -0.2) is 0 Å². The number of nitrogens with one attached hydrogen (secondary N) is 1. The molecule has 1 N–H and O–H groups in total. The van der Waals surface area contributed by atoms with E-state index < -0.39 is 0 Å². The third-order valence-electron chi connectivity index (χ3n) is 4.46. The van der Waals surface area contributed by atoms with E-state index in [4.69, 9.17) is 0 Å². The van der Waals surface area contributed by atoms with Gasteiger partial charge in [0.1, 0.15) is 0 Å². The van der Waals surface area contributed by atoms with Crippen LogP contribution in [0.4, 0.5) is 0 Å². The largest absolute Gasteiger partial charge is 0.313 e. The summed E-state index contributed by atoms with van der Waals surface area (Å²) in [5.74, 6) is 0.994. The van der Waals surface area contributed by atoms with E-state index in [0.717, 1.165) is 12.0 Å². The number of nitrogens with zero attached hydrogens (tertiary/aromatic N) is 1. The first-order chi connectivity index (χ1) is 8.38. The third-order valence-corrected chi connectivity index (χ3v) is 4.46. The lowest BCUT2D eigenvalue weighted by Crippen LogP contribution is -2.41. The molecule has 2 rings (SSSR count). The second-order valence-corrected chi connectivity index (χ2v) is 6.06. The Kier molecular flexibility index (Phi) is 5.79. The molecule has 100 valence electrons. The van der Waals surface area contributed by atoms with Gasteiger partial charge in [-0.2, -0.15) is 0 Å². The van der Waals surface area contributed by atoms with Crippen molar-refractivity contribution < 1.29 is 0 Å². The van der Waals surface area contributed by atoms with E-state index in [1.54, 1.807) is 0 Å². The summed E-state index contributed by atoms with van der Waals surface area (Å²) in [4.78, 5) is 2.71. The predicted molar refractivity (Wildman–Crippen MR) is 74.3 cm³/mol. The SMILES string of the molecule is CCCC1CCN(CC2CCCCCCN2)C1. The third kappa shape index (κ3) is 4.59. The summed E-state index contributed by atoms with van der Waals surface area (Å²) in [7, 11) is 0. The van der Waals surface area contributed by atoms with Gasteiger partial charge in [0.15, 0.2) is 0 Å². The van der Waals surface area contributed by atoms with Crippen LogP contribution in [0.25, 0.3) is 0 Å². The number of rotatable bonds is 4. The van der Waals surface area contributed by atoms with Gasteiger partial charge in [-0.15, -0.1) is 0 Å². The summed E-state index contributed by atoms with van der Waals surface area (Å²) in [6.07, 6.45) is 11.3. The Labute approximate surface area is 107 Å². The molecule has 2 heteroatoms. The Morgan fingerprint density at radius 2 is 2.00 bits per heavy atom. The molecular formula is C15H30N2. The van der Waals surface area contributed by atoms with E-state index in [-0.39, 0.29) is 0 Å². The topological polar surface area (TPSA) is 15.3 Å². The Morgan fingerprint density at radius 3 is 2.88 bits per heavy atom. The highest BCUT2D eigenvalue weighted by Gasteiger charge is 2.23. The van der Waals surface area contributed by atoms with E-state index in [0.29, 0.717) is 0 Å². The van der Waals surface area contributed by atoms with Gasteiger partial charge in [0, 0.05) is 19.1 Å². The van der Waals surface area contributed by atoms with Gasteiger partial charge >= 0.3 is 0 Å². The van der Waals surface area contributed by atoms with E-state index in [1.165, 1.54) is 77.5 Å². The summed E-state index contributed by atoms with van der Waals surface area (Å²) >= 11 is 0. The minimum atomic E-state index is 0.774. The predicted octanol–water partition coefficient (Wildman–Crippen LogP) is 3.03. The number of likely N-dealkylation sites (tertiary alicyclic amines) is 1. The Hall–Kier alpha value is -0.0800. The smallest absolute Gasteiger partial charge is 0.0195 e. The van der Waals surface area contributed by atoms with Crippen molar-refractivity contribution in [2.24, 2.45) is 5.92 Å². The normalized spacial score (nSPS) is 32.3. The number of hydrogen-bond acceptors (Lipinski definition) is 2. The lowest BCUT2D eigenvalue weighted by atomic mass is 10.0. The molecule has 0 radical (unpaired) electrons. The summed E-state index contributed by atoms with van der Waals surface area (Å²) < 4.78 is 0. The zero-order valence-electron chi connectivity index (χ0n) is 11.6. The van der Waals surface area contributed by atoms with Crippen LogP contribution in [0.2, 0.25) is 0 Å². The molecule has 0 saturated carbocycles. The zero-order chi connectivity index (χ0) is 11.9. The molecule has 2 fully saturated rings. The molecule has 0 aromatic heterocycles. The monoisotopic (exact) mass is 238 g/mol. The molecule has 2 unspecified atom stereocenters. The second kappa shape index (κ2) is 7.38. The maximum Gasteiger partial charge on any atom is 0.0195 e. The Balaban J connectivity index is 1.68. The second-order valence-electron chi connectivity index (χ2n) is 6.06. The highest BCUT2D eigenvalue weighted by Crippen LogP contribution is 2.21. The van der Waals surface area contributed by atoms with Gasteiger partial charge in [-0.3, -0.25) is 0 Å². The van der Waals surface area contributed by atoms with Crippen molar-refractivity contribution in [2.45, 2.75) is 64.3 Å². The fraction of sp³-hybridized carbons (Fsp3) is 1.00. The van der Waals surface area contributed by atoms with Crippen molar-refractivity contribution in [3.8, 4) is 0 Å². The molecule has 17 heavy (non-hydrogen) atoms. The molecule has 0 aromatic carbocycles. The summed E-state index contributed by atoms with van der Waals surface area (Å²) in [6.45, 7) is 7.59. The maximum absolute atomic E-state index is 3.75. The van der Waals surface area contributed by atoms with E-state index >= 15 is 0 Å². The van der Waals surface area contributed by atoms with Gasteiger partial charge in [-0.05, 0) is 44.7 Å². The summed E-state index contributed by atoms with van der Waals surface area (Å²) in [5, 5.41) is 3.75. The quantitative estimate of drug-likeness (QED) is 0.810. The minimum absolute atomic E-state index is 0.774. The fourth-order valence-corrected chi connectivity index (χ4v) is 3.47. The van der Waals surface area contributed by atoms with Crippen LogP contribution in [0.15, 0.2) is 0 Å². The Bertz CT molecular complexity index is 197. The van der Waals surface area contributed by atoms with E-state index in [9.17, 15) is 0 Å². The van der Waals surface area contributed by atoms with E-state index in [1.807, 2.05) is 0 Å². The minimum Gasteiger partial charge on any atom is -0.313 e. The van der Waals surface area contributed by atoms with Crippen LogP contribution in [-0.2, 0) is 0 Å². The van der Waals surface area contributed by atoms with Crippen molar-refractivity contribution in [3.63, 3.8) is 0 Å². The van der Waals surface area contributed by atoms with Gasteiger partial charge in [-0.1, -0.05) is 32.6 Å². The molecule has 0 spiro atoms. The fourth-order valence-electron chi connectivity index (χ4n) is 3.47. The van der Waals surface area contributed by atoms with E-state index in [2.05, 4.69) is 17.1 Å². The van der Waals surface area contributed by atoms with Gasteiger partial charge < -0.3 is 10.2 Å². The van der Waals surface area contributed by atoms with Crippen LogP contribution in [0, 0.1) is 5.92 Å². The van der Waals surface area contributed by atoms with Crippen molar-refractivity contribution >= 4 is 0 Å². The van der Waals surface area contributed by atoms with Crippen molar-refractivity contribution in [1.29, 1.82) is 0 Å². The molecule has 2 aliphatic heterocycles. The standard InChI is InChI=1S/C15H30N2/c1-2-7-14-9-11-17(12-14)13-15-8-5-3-4-6-10-16-15/h14-16H,2-13H2,1H3. The summed E-state index contributed by atoms with van der Waals surface area (Å²) in [6, 6.07) is 0.774. The van der Waals surface area contributed by atoms with Crippen LogP contribution in [0.1, 0.15) is 58.3 Å². The van der Waals surface area contributed by atoms with Crippen LogP contribution in [0.3, 0.4) is 0 Å². The van der Waals surface area contributed by atoms with Gasteiger partial charge in [0.2, 0.25) is 0 Å². The van der Waals surface area contributed by atoms with Crippen molar-refractivity contribution in [3.05, 3.63) is 0 Å². The lowest BCUT2D eigenvalue weighted by Gasteiger charge is -2.26.